The van der Waals surface area contributed by atoms with Crippen molar-refractivity contribution in [3.05, 3.63) is 23.2 Å². The van der Waals surface area contributed by atoms with Crippen LogP contribution in [0.15, 0.2) is 18.2 Å². The SMILES string of the molecule is CN1CC[N+](C)(CCCS(=O)(=O)Nc2cc(Cl)ccc2O)CC1.[Cl-]. The molecule has 1 aliphatic heterocycles. The number of phenols is 1. The molecule has 1 aromatic carbocycles. The molecule has 1 heterocycles. The van der Waals surface area contributed by atoms with E-state index in [0.717, 1.165) is 37.2 Å². The van der Waals surface area contributed by atoms with Crippen LogP contribution in [-0.2, 0) is 10.0 Å². The zero-order chi connectivity index (χ0) is 17.1. The van der Waals surface area contributed by atoms with Crippen molar-refractivity contribution in [2.24, 2.45) is 0 Å². The van der Waals surface area contributed by atoms with Crippen molar-refractivity contribution < 1.29 is 30.4 Å². The first-order valence-corrected chi connectivity index (χ1v) is 9.73. The van der Waals surface area contributed by atoms with Gasteiger partial charge in [-0.25, -0.2) is 8.42 Å². The fraction of sp³-hybridized carbons (Fsp3) is 0.600. The standard InChI is InChI=1S/C15H24ClN3O3S.ClH/c1-18-6-9-19(2,10-7-18)8-3-11-23(21,22)17-14-12-13(16)4-5-15(14)20;/h4-5,12,17H,3,6-11H2,1-2H3;1H. The summed E-state index contributed by atoms with van der Waals surface area (Å²) in [7, 11) is 0.782. The third-order valence-corrected chi connectivity index (χ3v) is 5.97. The highest BCUT2D eigenvalue weighted by Gasteiger charge is 2.27. The number of sulfonamides is 1. The number of aromatic hydroxyl groups is 1. The van der Waals surface area contributed by atoms with Gasteiger partial charge in [-0.2, -0.15) is 0 Å². The summed E-state index contributed by atoms with van der Waals surface area (Å²) >= 11 is 5.83. The second-order valence-corrected chi connectivity index (χ2v) is 8.81. The van der Waals surface area contributed by atoms with E-state index in [1.165, 1.54) is 18.2 Å². The Labute approximate surface area is 155 Å². The summed E-state index contributed by atoms with van der Waals surface area (Å²) in [4.78, 5) is 2.29. The zero-order valence-electron chi connectivity index (χ0n) is 14.0. The van der Waals surface area contributed by atoms with Crippen LogP contribution >= 0.6 is 11.6 Å². The van der Waals surface area contributed by atoms with E-state index in [2.05, 4.69) is 23.7 Å². The first-order chi connectivity index (χ1) is 10.7. The predicted octanol–water partition coefficient (Wildman–Crippen LogP) is -1.43. The molecule has 0 aliphatic carbocycles. The molecule has 24 heavy (non-hydrogen) atoms. The lowest BCUT2D eigenvalue weighted by atomic mass is 10.2. The second kappa shape index (κ2) is 8.58. The number of piperazine rings is 1. The maximum atomic E-state index is 12.2. The summed E-state index contributed by atoms with van der Waals surface area (Å²) in [6, 6.07) is 4.28. The van der Waals surface area contributed by atoms with Crippen LogP contribution in [0, 0.1) is 0 Å². The topological polar surface area (TPSA) is 69.6 Å². The molecule has 0 bridgehead atoms. The molecule has 0 unspecified atom stereocenters. The van der Waals surface area contributed by atoms with Gasteiger partial charge in [0.15, 0.2) is 0 Å². The van der Waals surface area contributed by atoms with Crippen LogP contribution < -0.4 is 17.1 Å². The van der Waals surface area contributed by atoms with Gasteiger partial charge in [0.2, 0.25) is 10.0 Å². The Morgan fingerprint density at radius 1 is 1.33 bits per heavy atom. The third kappa shape index (κ3) is 6.29. The number of hydrogen-bond acceptors (Lipinski definition) is 4. The van der Waals surface area contributed by atoms with E-state index in [1.807, 2.05) is 0 Å². The molecule has 2 N–H and O–H groups in total. The molecule has 1 aliphatic rings. The second-order valence-electron chi connectivity index (χ2n) is 6.53. The number of quaternary nitrogens is 1. The van der Waals surface area contributed by atoms with E-state index in [0.29, 0.717) is 11.4 Å². The van der Waals surface area contributed by atoms with Gasteiger partial charge in [-0.3, -0.25) is 9.62 Å². The van der Waals surface area contributed by atoms with Crippen LogP contribution in [0.1, 0.15) is 6.42 Å². The number of nitrogens with one attached hydrogen (secondary N) is 1. The normalized spacial score (nSPS) is 18.0. The van der Waals surface area contributed by atoms with Gasteiger partial charge in [-0.1, -0.05) is 11.6 Å². The van der Waals surface area contributed by atoms with Gasteiger partial charge >= 0.3 is 0 Å². The van der Waals surface area contributed by atoms with E-state index in [1.54, 1.807) is 0 Å². The van der Waals surface area contributed by atoms with Gasteiger partial charge in [0.1, 0.15) is 5.75 Å². The fourth-order valence-electron chi connectivity index (χ4n) is 2.72. The smallest absolute Gasteiger partial charge is 0.233 e. The fourth-order valence-corrected chi connectivity index (χ4v) is 4.00. The van der Waals surface area contributed by atoms with Crippen LogP contribution in [0.4, 0.5) is 5.69 Å². The summed E-state index contributed by atoms with van der Waals surface area (Å²) in [5.41, 5.74) is 0.123. The summed E-state index contributed by atoms with van der Waals surface area (Å²) < 4.78 is 27.7. The largest absolute Gasteiger partial charge is 1.00 e. The van der Waals surface area contributed by atoms with Crippen molar-refractivity contribution in [1.82, 2.24) is 4.90 Å². The number of rotatable bonds is 6. The lowest BCUT2D eigenvalue weighted by Gasteiger charge is -2.41. The van der Waals surface area contributed by atoms with Crippen molar-refractivity contribution in [3.8, 4) is 5.75 Å². The van der Waals surface area contributed by atoms with Crippen molar-refractivity contribution in [2.75, 3.05) is 57.3 Å². The molecule has 0 spiro atoms. The summed E-state index contributed by atoms with van der Waals surface area (Å²) in [5, 5.41) is 10.1. The third-order valence-electron chi connectivity index (χ3n) is 4.38. The minimum atomic E-state index is -3.50. The molecule has 0 aromatic heterocycles. The number of benzene rings is 1. The van der Waals surface area contributed by atoms with Crippen LogP contribution in [0.2, 0.25) is 5.02 Å². The molecule has 1 aromatic rings. The molecule has 1 saturated heterocycles. The lowest BCUT2D eigenvalue weighted by Crippen LogP contribution is -3.00. The van der Waals surface area contributed by atoms with Gasteiger partial charge in [0, 0.05) is 24.5 Å². The Balaban J connectivity index is 0.00000288. The Hall–Kier alpha value is -0.730. The minimum absolute atomic E-state index is 0. The average molecular weight is 398 g/mol. The van der Waals surface area contributed by atoms with Gasteiger partial charge in [-0.15, -0.1) is 0 Å². The molecule has 138 valence electrons. The molecule has 0 amide bonds. The summed E-state index contributed by atoms with van der Waals surface area (Å²) in [6.45, 7) is 4.99. The predicted molar refractivity (Wildman–Crippen MR) is 93.4 cm³/mol. The Morgan fingerprint density at radius 2 is 1.96 bits per heavy atom. The Kier molecular flexibility index (Phi) is 7.62. The highest BCUT2D eigenvalue weighted by atomic mass is 35.5. The quantitative estimate of drug-likeness (QED) is 0.456. The zero-order valence-corrected chi connectivity index (χ0v) is 16.3. The van der Waals surface area contributed by atoms with Crippen molar-refractivity contribution in [1.29, 1.82) is 0 Å². The number of anilines is 1. The van der Waals surface area contributed by atoms with E-state index in [-0.39, 0.29) is 29.6 Å². The molecule has 6 nitrogen and oxygen atoms in total. The monoisotopic (exact) mass is 397 g/mol. The number of nitrogens with zero attached hydrogens (tertiary/aromatic N) is 2. The molecule has 0 atom stereocenters. The Bertz CT molecular complexity index is 647. The van der Waals surface area contributed by atoms with Crippen molar-refractivity contribution in [2.45, 2.75) is 6.42 Å². The lowest BCUT2D eigenvalue weighted by molar-refractivity contribution is -0.913. The molecule has 1 fully saturated rings. The number of phenolic OH excluding ortho intramolecular Hbond substituents is 1. The van der Waals surface area contributed by atoms with Gasteiger partial charge in [0.25, 0.3) is 0 Å². The molecular weight excluding hydrogens is 373 g/mol. The average Bonchev–Trinajstić information content (AvgIpc) is 2.46. The van der Waals surface area contributed by atoms with E-state index in [9.17, 15) is 13.5 Å². The summed E-state index contributed by atoms with van der Waals surface area (Å²) in [6.07, 6.45) is 0.580. The molecular formula is C15H25Cl2N3O3S. The maximum absolute atomic E-state index is 12.2. The number of hydrogen-bond donors (Lipinski definition) is 2. The summed E-state index contributed by atoms with van der Waals surface area (Å²) in [5.74, 6) is -0.0983. The van der Waals surface area contributed by atoms with Gasteiger partial charge < -0.3 is 22.0 Å². The van der Waals surface area contributed by atoms with Crippen LogP contribution in [-0.4, -0.2) is 75.5 Å². The molecule has 0 saturated carbocycles. The van der Waals surface area contributed by atoms with E-state index < -0.39 is 10.0 Å². The van der Waals surface area contributed by atoms with Crippen LogP contribution in [0.3, 0.4) is 0 Å². The first-order valence-electron chi connectivity index (χ1n) is 7.70. The Morgan fingerprint density at radius 3 is 2.58 bits per heavy atom. The van der Waals surface area contributed by atoms with Crippen LogP contribution in [0.25, 0.3) is 0 Å². The van der Waals surface area contributed by atoms with Gasteiger partial charge in [-0.05, 0) is 25.2 Å². The molecule has 2 rings (SSSR count). The highest BCUT2D eigenvalue weighted by Crippen LogP contribution is 2.27. The van der Waals surface area contributed by atoms with Crippen LogP contribution in [0.5, 0.6) is 5.75 Å². The first kappa shape index (κ1) is 21.3. The van der Waals surface area contributed by atoms with Crippen molar-refractivity contribution >= 4 is 27.3 Å². The molecule has 9 heteroatoms. The van der Waals surface area contributed by atoms with Gasteiger partial charge in [0.05, 0.1) is 38.1 Å². The highest BCUT2D eigenvalue weighted by molar-refractivity contribution is 7.92. The minimum Gasteiger partial charge on any atom is -1.00 e. The van der Waals surface area contributed by atoms with E-state index in [4.69, 9.17) is 11.6 Å². The number of likely N-dealkylation sites (N-methyl/N-ethyl adjacent to an activating group) is 2. The van der Waals surface area contributed by atoms with Crippen molar-refractivity contribution in [3.63, 3.8) is 0 Å². The molecule has 0 radical (unpaired) electrons. The maximum Gasteiger partial charge on any atom is 0.233 e. The van der Waals surface area contributed by atoms with E-state index >= 15 is 0 Å². The number of halogens is 2.